The van der Waals surface area contributed by atoms with Gasteiger partial charge in [-0.15, -0.1) is 0 Å². The summed E-state index contributed by atoms with van der Waals surface area (Å²) in [5.41, 5.74) is 1.77. The highest BCUT2D eigenvalue weighted by molar-refractivity contribution is 6.30. The molecule has 2 amide bonds. The van der Waals surface area contributed by atoms with Gasteiger partial charge in [-0.2, -0.15) is 0 Å². The van der Waals surface area contributed by atoms with E-state index in [0.717, 1.165) is 0 Å². The Labute approximate surface area is 202 Å². The van der Waals surface area contributed by atoms with E-state index >= 15 is 0 Å². The van der Waals surface area contributed by atoms with Crippen LogP contribution in [0.3, 0.4) is 0 Å². The zero-order valence-corrected chi connectivity index (χ0v) is 19.6. The van der Waals surface area contributed by atoms with Crippen LogP contribution in [0.25, 0.3) is 6.08 Å². The molecule has 0 saturated heterocycles. The molecule has 0 bridgehead atoms. The maximum atomic E-state index is 13.1. The van der Waals surface area contributed by atoms with Crippen molar-refractivity contribution in [2.75, 3.05) is 19.5 Å². The lowest BCUT2D eigenvalue weighted by Gasteiger charge is -2.13. The molecule has 3 rings (SSSR count). The summed E-state index contributed by atoms with van der Waals surface area (Å²) in [6, 6.07) is 17.9. The van der Waals surface area contributed by atoms with Gasteiger partial charge in [0.1, 0.15) is 5.70 Å². The summed E-state index contributed by atoms with van der Waals surface area (Å²) in [7, 11) is 3.02. The van der Waals surface area contributed by atoms with Gasteiger partial charge in [0.15, 0.2) is 17.3 Å². The Hall–Kier alpha value is -4.10. The average molecular weight is 479 g/mol. The van der Waals surface area contributed by atoms with Gasteiger partial charge >= 0.3 is 0 Å². The molecule has 7 nitrogen and oxygen atoms in total. The summed E-state index contributed by atoms with van der Waals surface area (Å²) in [6.45, 7) is 1.44. The maximum Gasteiger partial charge on any atom is 0.272 e. The molecule has 0 atom stereocenters. The SMILES string of the molecule is COc1ccc(C=C(NC(=O)c2ccc(Cl)cc2)C(=O)Nc2cccc(C(C)=O)c2)cc1OC. The standard InChI is InChI=1S/C26H23ClN2O5/c1-16(30)19-5-4-6-21(15-19)28-26(32)22(29-25(31)18-8-10-20(27)11-9-18)13-17-7-12-23(33-2)24(14-17)34-3/h4-15H,1-3H3,(H,28,32)(H,29,31). The molecule has 3 aromatic rings. The predicted octanol–water partition coefficient (Wildman–Crippen LogP) is 4.97. The van der Waals surface area contributed by atoms with Crippen molar-refractivity contribution in [1.29, 1.82) is 0 Å². The third-order valence-electron chi connectivity index (χ3n) is 4.84. The van der Waals surface area contributed by atoms with Crippen molar-refractivity contribution in [1.82, 2.24) is 5.32 Å². The molecule has 0 saturated carbocycles. The molecule has 0 aliphatic carbocycles. The third-order valence-corrected chi connectivity index (χ3v) is 5.10. The Kier molecular flexibility index (Phi) is 8.05. The first-order valence-corrected chi connectivity index (χ1v) is 10.6. The van der Waals surface area contributed by atoms with Gasteiger partial charge in [-0.05, 0) is 67.1 Å². The lowest BCUT2D eigenvalue weighted by molar-refractivity contribution is -0.113. The molecule has 2 N–H and O–H groups in total. The van der Waals surface area contributed by atoms with Crippen molar-refractivity contribution in [3.63, 3.8) is 0 Å². The summed E-state index contributed by atoms with van der Waals surface area (Å²) in [5, 5.41) is 5.86. The average Bonchev–Trinajstić information content (AvgIpc) is 2.84. The minimum Gasteiger partial charge on any atom is -0.493 e. The van der Waals surface area contributed by atoms with E-state index in [1.165, 1.54) is 27.2 Å². The first-order chi connectivity index (χ1) is 16.3. The highest BCUT2D eigenvalue weighted by Gasteiger charge is 2.16. The highest BCUT2D eigenvalue weighted by Crippen LogP contribution is 2.28. The number of halogens is 1. The van der Waals surface area contributed by atoms with Gasteiger partial charge < -0.3 is 20.1 Å². The number of methoxy groups -OCH3 is 2. The van der Waals surface area contributed by atoms with Gasteiger partial charge in [0.05, 0.1) is 14.2 Å². The number of amides is 2. The van der Waals surface area contributed by atoms with Crippen molar-refractivity contribution in [3.8, 4) is 11.5 Å². The second kappa shape index (κ2) is 11.2. The molecule has 8 heteroatoms. The molecule has 0 fully saturated rings. The summed E-state index contributed by atoms with van der Waals surface area (Å²) in [6.07, 6.45) is 1.51. The van der Waals surface area contributed by atoms with E-state index < -0.39 is 11.8 Å². The van der Waals surface area contributed by atoms with Crippen molar-refractivity contribution in [2.24, 2.45) is 0 Å². The van der Waals surface area contributed by atoms with Crippen molar-refractivity contribution in [2.45, 2.75) is 6.92 Å². The number of rotatable bonds is 8. The van der Waals surface area contributed by atoms with Crippen LogP contribution in [0.15, 0.2) is 72.4 Å². The maximum absolute atomic E-state index is 13.1. The van der Waals surface area contributed by atoms with Crippen LogP contribution in [-0.4, -0.2) is 31.8 Å². The summed E-state index contributed by atoms with van der Waals surface area (Å²) < 4.78 is 10.6. The van der Waals surface area contributed by atoms with E-state index in [1.807, 2.05) is 0 Å². The van der Waals surface area contributed by atoms with Crippen LogP contribution in [0.4, 0.5) is 5.69 Å². The summed E-state index contributed by atoms with van der Waals surface area (Å²) in [5.74, 6) is -0.201. The van der Waals surface area contributed by atoms with Gasteiger partial charge in [-0.25, -0.2) is 0 Å². The van der Waals surface area contributed by atoms with Crippen LogP contribution in [-0.2, 0) is 4.79 Å². The molecular weight excluding hydrogens is 456 g/mol. The monoisotopic (exact) mass is 478 g/mol. The largest absolute Gasteiger partial charge is 0.493 e. The lowest BCUT2D eigenvalue weighted by Crippen LogP contribution is -2.30. The topological polar surface area (TPSA) is 93.7 Å². The smallest absolute Gasteiger partial charge is 0.272 e. The fourth-order valence-electron chi connectivity index (χ4n) is 3.08. The number of Topliss-reactive ketones (excluding diaryl/α,β-unsaturated/α-hetero) is 1. The van der Waals surface area contributed by atoms with E-state index in [1.54, 1.807) is 66.7 Å². The molecule has 0 heterocycles. The second-order valence-corrected chi connectivity index (χ2v) is 7.66. The van der Waals surface area contributed by atoms with E-state index in [2.05, 4.69) is 10.6 Å². The number of ether oxygens (including phenoxy) is 2. The molecule has 0 aliphatic rings. The van der Waals surface area contributed by atoms with Crippen LogP contribution in [0.1, 0.15) is 33.2 Å². The van der Waals surface area contributed by atoms with Crippen LogP contribution in [0.2, 0.25) is 5.02 Å². The Morgan fingerprint density at radius 3 is 2.21 bits per heavy atom. The lowest BCUT2D eigenvalue weighted by atomic mass is 10.1. The van der Waals surface area contributed by atoms with E-state index in [4.69, 9.17) is 21.1 Å². The Balaban J connectivity index is 1.95. The van der Waals surface area contributed by atoms with Crippen molar-refractivity contribution < 1.29 is 23.9 Å². The van der Waals surface area contributed by atoms with E-state index in [9.17, 15) is 14.4 Å². The Morgan fingerprint density at radius 2 is 1.56 bits per heavy atom. The first-order valence-electron chi connectivity index (χ1n) is 10.2. The number of carbonyl (C=O) groups is 3. The van der Waals surface area contributed by atoms with Gasteiger partial charge in [0.2, 0.25) is 0 Å². The number of nitrogens with one attached hydrogen (secondary N) is 2. The number of ketones is 1. The first kappa shape index (κ1) is 24.5. The van der Waals surface area contributed by atoms with E-state index in [0.29, 0.717) is 38.9 Å². The Bertz CT molecular complexity index is 1250. The zero-order chi connectivity index (χ0) is 24.7. The molecule has 0 radical (unpaired) electrons. The minimum absolute atomic E-state index is 0.0135. The number of hydrogen-bond donors (Lipinski definition) is 2. The number of carbonyl (C=O) groups excluding carboxylic acids is 3. The van der Waals surface area contributed by atoms with Crippen LogP contribution in [0, 0.1) is 0 Å². The fourth-order valence-corrected chi connectivity index (χ4v) is 3.20. The summed E-state index contributed by atoms with van der Waals surface area (Å²) >= 11 is 5.91. The van der Waals surface area contributed by atoms with Crippen LogP contribution >= 0.6 is 11.6 Å². The number of anilines is 1. The van der Waals surface area contributed by atoms with Crippen LogP contribution in [0.5, 0.6) is 11.5 Å². The molecule has 0 aromatic heterocycles. The molecular formula is C26H23ClN2O5. The number of benzene rings is 3. The molecule has 3 aromatic carbocycles. The fraction of sp³-hybridized carbons (Fsp3) is 0.115. The predicted molar refractivity (Wildman–Crippen MR) is 132 cm³/mol. The minimum atomic E-state index is -0.571. The van der Waals surface area contributed by atoms with Crippen LogP contribution < -0.4 is 20.1 Å². The van der Waals surface area contributed by atoms with Gasteiger partial charge in [0.25, 0.3) is 11.8 Å². The normalized spacial score (nSPS) is 10.9. The van der Waals surface area contributed by atoms with Crippen molar-refractivity contribution in [3.05, 3.63) is 94.1 Å². The number of hydrogen-bond acceptors (Lipinski definition) is 5. The highest BCUT2D eigenvalue weighted by atomic mass is 35.5. The molecule has 0 spiro atoms. The molecule has 34 heavy (non-hydrogen) atoms. The van der Waals surface area contributed by atoms with Gasteiger partial charge in [-0.1, -0.05) is 29.8 Å². The molecule has 174 valence electrons. The van der Waals surface area contributed by atoms with E-state index in [-0.39, 0.29) is 11.5 Å². The second-order valence-electron chi connectivity index (χ2n) is 7.22. The van der Waals surface area contributed by atoms with Gasteiger partial charge in [-0.3, -0.25) is 14.4 Å². The quantitative estimate of drug-likeness (QED) is 0.352. The zero-order valence-electron chi connectivity index (χ0n) is 18.8. The Morgan fingerprint density at radius 1 is 0.853 bits per heavy atom. The third kappa shape index (κ3) is 6.24. The summed E-state index contributed by atoms with van der Waals surface area (Å²) in [4.78, 5) is 37.6. The van der Waals surface area contributed by atoms with Crippen molar-refractivity contribution >= 4 is 41.0 Å². The van der Waals surface area contributed by atoms with Gasteiger partial charge in [0, 0.05) is 21.8 Å². The molecule has 0 unspecified atom stereocenters. The molecule has 0 aliphatic heterocycles.